The van der Waals surface area contributed by atoms with Crippen molar-refractivity contribution in [2.24, 2.45) is 5.73 Å². The van der Waals surface area contributed by atoms with Gasteiger partial charge in [-0.1, -0.05) is 0 Å². The number of carbonyl (C=O) groups is 2. The number of hydrogen-bond donors (Lipinski definition) is 2. The molecule has 0 bridgehead atoms. The molecule has 0 aromatic carbocycles. The average molecular weight is 170 g/mol. The number of urea groups is 1. The number of hydrogen-bond acceptors (Lipinski definition) is 3. The van der Waals surface area contributed by atoms with Crippen LogP contribution >= 0.6 is 0 Å². The first-order valence-electron chi connectivity index (χ1n) is 3.55. The average Bonchev–Trinajstić information content (AvgIpc) is 2.26. The Morgan fingerprint density at radius 3 is 2.92 bits per heavy atom. The van der Waals surface area contributed by atoms with Crippen molar-refractivity contribution in [3.8, 4) is 0 Å². The molecular weight excluding hydrogens is 160 g/mol. The lowest BCUT2D eigenvalue weighted by Gasteiger charge is -1.94. The van der Waals surface area contributed by atoms with Crippen LogP contribution in [-0.2, 0) is 9.53 Å². The maximum absolute atomic E-state index is 10.9. The standard InChI is InChI=1S/C7H10N2O3/c1-4-2-5(6(10)12-4)3-9-7(8)11/h3-4H,2H2,1H3,(H3,8,9,11). The van der Waals surface area contributed by atoms with Crippen molar-refractivity contribution in [3.63, 3.8) is 0 Å². The molecule has 1 rings (SSSR count). The summed E-state index contributed by atoms with van der Waals surface area (Å²) in [5.74, 6) is -0.392. The van der Waals surface area contributed by atoms with Crippen molar-refractivity contribution in [3.05, 3.63) is 11.8 Å². The third-order valence-electron chi connectivity index (χ3n) is 1.47. The number of amides is 2. The quantitative estimate of drug-likeness (QED) is 0.425. The Bertz CT molecular complexity index is 247. The lowest BCUT2D eigenvalue weighted by Crippen LogP contribution is -2.25. The molecule has 0 aromatic heterocycles. The van der Waals surface area contributed by atoms with Gasteiger partial charge >= 0.3 is 12.0 Å². The normalized spacial score (nSPS) is 25.6. The molecule has 2 amide bonds. The largest absolute Gasteiger partial charge is 0.459 e. The second-order valence-electron chi connectivity index (χ2n) is 2.60. The summed E-state index contributed by atoms with van der Waals surface area (Å²) in [6.45, 7) is 1.78. The fourth-order valence-corrected chi connectivity index (χ4v) is 0.969. The Labute approximate surface area is 69.6 Å². The molecule has 1 aliphatic heterocycles. The van der Waals surface area contributed by atoms with Crippen LogP contribution in [0.25, 0.3) is 0 Å². The van der Waals surface area contributed by atoms with E-state index in [2.05, 4.69) is 5.32 Å². The van der Waals surface area contributed by atoms with Crippen LogP contribution < -0.4 is 11.1 Å². The van der Waals surface area contributed by atoms with Gasteiger partial charge in [0.2, 0.25) is 0 Å². The van der Waals surface area contributed by atoms with Gasteiger partial charge in [0.05, 0.1) is 5.57 Å². The SMILES string of the molecule is CC1CC(=CNC(N)=O)C(=O)O1. The zero-order chi connectivity index (χ0) is 9.14. The summed E-state index contributed by atoms with van der Waals surface area (Å²) in [6, 6.07) is -0.685. The molecule has 0 radical (unpaired) electrons. The Kier molecular flexibility index (Phi) is 2.32. The van der Waals surface area contributed by atoms with Gasteiger partial charge in [-0.15, -0.1) is 0 Å². The smallest absolute Gasteiger partial charge is 0.335 e. The van der Waals surface area contributed by atoms with E-state index in [9.17, 15) is 9.59 Å². The Morgan fingerprint density at radius 1 is 1.83 bits per heavy atom. The van der Waals surface area contributed by atoms with Crippen LogP contribution in [0.15, 0.2) is 11.8 Å². The molecule has 0 spiro atoms. The first-order valence-corrected chi connectivity index (χ1v) is 3.55. The van der Waals surface area contributed by atoms with E-state index in [1.807, 2.05) is 0 Å². The highest BCUT2D eigenvalue weighted by Crippen LogP contribution is 2.18. The van der Waals surface area contributed by atoms with Gasteiger partial charge in [-0.25, -0.2) is 9.59 Å². The van der Waals surface area contributed by atoms with Crippen LogP contribution in [-0.4, -0.2) is 18.1 Å². The lowest BCUT2D eigenvalue weighted by molar-refractivity contribution is -0.138. The molecule has 1 atom stereocenters. The third kappa shape index (κ3) is 1.98. The van der Waals surface area contributed by atoms with Crippen molar-refractivity contribution in [2.45, 2.75) is 19.4 Å². The number of cyclic esters (lactones) is 1. The summed E-state index contributed by atoms with van der Waals surface area (Å²) in [5.41, 5.74) is 5.25. The van der Waals surface area contributed by atoms with Crippen molar-refractivity contribution in [1.29, 1.82) is 0 Å². The van der Waals surface area contributed by atoms with Gasteiger partial charge in [0, 0.05) is 12.6 Å². The van der Waals surface area contributed by atoms with E-state index in [-0.39, 0.29) is 6.10 Å². The van der Waals surface area contributed by atoms with Crippen LogP contribution in [0, 0.1) is 0 Å². The molecule has 1 fully saturated rings. The lowest BCUT2D eigenvalue weighted by atomic mass is 10.2. The summed E-state index contributed by atoms with van der Waals surface area (Å²) in [4.78, 5) is 21.2. The second kappa shape index (κ2) is 3.25. The van der Waals surface area contributed by atoms with E-state index in [1.165, 1.54) is 6.20 Å². The van der Waals surface area contributed by atoms with Crippen molar-refractivity contribution in [1.82, 2.24) is 5.32 Å². The molecule has 1 saturated heterocycles. The first-order chi connectivity index (χ1) is 5.59. The number of primary amides is 1. The fraction of sp³-hybridized carbons (Fsp3) is 0.429. The summed E-state index contributed by atoms with van der Waals surface area (Å²) in [5, 5.41) is 2.21. The van der Waals surface area contributed by atoms with Crippen molar-refractivity contribution < 1.29 is 14.3 Å². The molecule has 1 unspecified atom stereocenters. The van der Waals surface area contributed by atoms with E-state index >= 15 is 0 Å². The second-order valence-corrected chi connectivity index (χ2v) is 2.60. The molecule has 0 saturated carbocycles. The van der Waals surface area contributed by atoms with Crippen molar-refractivity contribution >= 4 is 12.0 Å². The number of nitrogens with two attached hydrogens (primary N) is 1. The van der Waals surface area contributed by atoms with Gasteiger partial charge in [0.25, 0.3) is 0 Å². The Morgan fingerprint density at radius 2 is 2.50 bits per heavy atom. The summed E-state index contributed by atoms with van der Waals surface area (Å²) in [6.07, 6.45) is 1.69. The van der Waals surface area contributed by atoms with Gasteiger partial charge in [-0.2, -0.15) is 0 Å². The first kappa shape index (κ1) is 8.58. The van der Waals surface area contributed by atoms with Gasteiger partial charge in [-0.3, -0.25) is 0 Å². The van der Waals surface area contributed by atoms with Gasteiger partial charge < -0.3 is 15.8 Å². The molecule has 1 aliphatic rings. The number of rotatable bonds is 1. The van der Waals surface area contributed by atoms with Crippen LogP contribution in [0.1, 0.15) is 13.3 Å². The fourth-order valence-electron chi connectivity index (χ4n) is 0.969. The van der Waals surface area contributed by atoms with Crippen LogP contribution in [0.4, 0.5) is 4.79 Å². The number of ether oxygens (including phenoxy) is 1. The Balaban J connectivity index is 2.57. The Hall–Kier alpha value is -1.52. The summed E-state index contributed by atoms with van der Waals surface area (Å²) in [7, 11) is 0. The van der Waals surface area contributed by atoms with Crippen molar-refractivity contribution in [2.75, 3.05) is 0 Å². The highest BCUT2D eigenvalue weighted by molar-refractivity contribution is 5.91. The summed E-state index contributed by atoms with van der Waals surface area (Å²) >= 11 is 0. The number of nitrogens with one attached hydrogen (secondary N) is 1. The minimum absolute atomic E-state index is 0.113. The van der Waals surface area contributed by atoms with Crippen LogP contribution in [0.3, 0.4) is 0 Å². The third-order valence-corrected chi connectivity index (χ3v) is 1.47. The molecular formula is C7H10N2O3. The highest BCUT2D eigenvalue weighted by Gasteiger charge is 2.25. The molecule has 1 heterocycles. The predicted octanol–water partition coefficient (Wildman–Crippen LogP) is -0.126. The van der Waals surface area contributed by atoms with Gasteiger partial charge in [-0.05, 0) is 6.92 Å². The van der Waals surface area contributed by atoms with E-state index in [0.29, 0.717) is 12.0 Å². The molecule has 0 aliphatic carbocycles. The van der Waals surface area contributed by atoms with E-state index in [0.717, 1.165) is 0 Å². The molecule has 3 N–H and O–H groups in total. The zero-order valence-electron chi connectivity index (χ0n) is 6.66. The molecule has 5 nitrogen and oxygen atoms in total. The molecule has 66 valence electrons. The van der Waals surface area contributed by atoms with E-state index in [4.69, 9.17) is 10.5 Å². The minimum Gasteiger partial charge on any atom is -0.459 e. The molecule has 0 aromatic rings. The van der Waals surface area contributed by atoms with Crippen LogP contribution in [0.2, 0.25) is 0 Å². The van der Waals surface area contributed by atoms with Gasteiger partial charge in [0.15, 0.2) is 0 Å². The van der Waals surface area contributed by atoms with Crippen LogP contribution in [0.5, 0.6) is 0 Å². The number of carbonyl (C=O) groups excluding carboxylic acids is 2. The molecule has 12 heavy (non-hydrogen) atoms. The number of esters is 1. The topological polar surface area (TPSA) is 81.4 Å². The maximum Gasteiger partial charge on any atom is 0.335 e. The summed E-state index contributed by atoms with van der Waals surface area (Å²) < 4.78 is 4.81. The van der Waals surface area contributed by atoms with Gasteiger partial charge in [0.1, 0.15) is 6.10 Å². The monoisotopic (exact) mass is 170 g/mol. The zero-order valence-corrected chi connectivity index (χ0v) is 6.66. The van der Waals surface area contributed by atoms with E-state index < -0.39 is 12.0 Å². The maximum atomic E-state index is 10.9. The minimum atomic E-state index is -0.685. The van der Waals surface area contributed by atoms with E-state index in [1.54, 1.807) is 6.92 Å². The highest BCUT2D eigenvalue weighted by atomic mass is 16.5. The predicted molar refractivity (Wildman–Crippen MR) is 41.0 cm³/mol. The molecule has 5 heteroatoms.